The predicted molar refractivity (Wildman–Crippen MR) is 97.4 cm³/mol. The monoisotopic (exact) mass is 308 g/mol. The first-order chi connectivity index (χ1) is 10.9. The average Bonchev–Trinajstić information content (AvgIpc) is 2.63. The van der Waals surface area contributed by atoms with Gasteiger partial charge in [-0.1, -0.05) is 97.1 Å². The zero-order valence-electron chi connectivity index (χ0n) is 12.8. The minimum Gasteiger partial charge on any atom is -0.380 e. The minimum atomic E-state index is -0.373. The van der Waals surface area contributed by atoms with Crippen molar-refractivity contribution in [2.45, 2.75) is 0 Å². The van der Waals surface area contributed by atoms with Crippen LogP contribution in [0.25, 0.3) is 0 Å². The second-order valence-corrected chi connectivity index (χ2v) is 6.82. The molecule has 2 heteroatoms. The standard InChI is InChI=1S/C14H15OP.C6H6/c1-15-12-16(13-8-4-2-5-9-13)14-10-6-3-7-11-14;1-2-4-6-5-3-1/h2-11H,12H2,1H3;1-6H. The summed E-state index contributed by atoms with van der Waals surface area (Å²) in [5, 5.41) is 2.73. The highest BCUT2D eigenvalue weighted by atomic mass is 31.1. The van der Waals surface area contributed by atoms with Gasteiger partial charge < -0.3 is 4.74 Å². The van der Waals surface area contributed by atoms with Gasteiger partial charge in [0, 0.05) is 7.11 Å². The van der Waals surface area contributed by atoms with Crippen molar-refractivity contribution in [3.8, 4) is 0 Å². The van der Waals surface area contributed by atoms with Gasteiger partial charge in [-0.25, -0.2) is 0 Å². The van der Waals surface area contributed by atoms with Crippen LogP contribution in [0.3, 0.4) is 0 Å². The molecule has 0 heterocycles. The van der Waals surface area contributed by atoms with Crippen LogP contribution in [0.15, 0.2) is 97.1 Å². The van der Waals surface area contributed by atoms with E-state index in [4.69, 9.17) is 4.74 Å². The summed E-state index contributed by atoms with van der Waals surface area (Å²) >= 11 is 0. The van der Waals surface area contributed by atoms with E-state index in [1.54, 1.807) is 7.11 Å². The van der Waals surface area contributed by atoms with Crippen LogP contribution in [0.1, 0.15) is 0 Å². The molecular formula is C20H21OP. The van der Waals surface area contributed by atoms with E-state index in [2.05, 4.69) is 60.7 Å². The Morgan fingerprint density at radius 1 is 0.591 bits per heavy atom. The Balaban J connectivity index is 0.000000246. The lowest BCUT2D eigenvalue weighted by atomic mass is 10.4. The first-order valence-electron chi connectivity index (χ1n) is 7.28. The largest absolute Gasteiger partial charge is 0.380 e. The van der Waals surface area contributed by atoms with Crippen molar-refractivity contribution in [2.24, 2.45) is 0 Å². The summed E-state index contributed by atoms with van der Waals surface area (Å²) in [6, 6.07) is 33.2. The highest BCUT2D eigenvalue weighted by Gasteiger charge is 2.12. The Morgan fingerprint density at radius 3 is 1.23 bits per heavy atom. The van der Waals surface area contributed by atoms with E-state index in [0.29, 0.717) is 0 Å². The van der Waals surface area contributed by atoms with Gasteiger partial charge in [-0.2, -0.15) is 0 Å². The molecule has 0 saturated heterocycles. The molecule has 3 aromatic rings. The third-order valence-corrected chi connectivity index (χ3v) is 5.42. The van der Waals surface area contributed by atoms with Gasteiger partial charge in [0.05, 0.1) is 6.35 Å². The molecule has 0 N–H and O–H groups in total. The molecular weight excluding hydrogens is 287 g/mol. The summed E-state index contributed by atoms with van der Waals surface area (Å²) in [6.45, 7) is 0. The highest BCUT2D eigenvalue weighted by molar-refractivity contribution is 7.72. The molecule has 0 saturated carbocycles. The summed E-state index contributed by atoms with van der Waals surface area (Å²) < 4.78 is 5.34. The maximum absolute atomic E-state index is 5.34. The fourth-order valence-corrected chi connectivity index (χ4v) is 3.95. The number of hydrogen-bond donors (Lipinski definition) is 0. The summed E-state index contributed by atoms with van der Waals surface area (Å²) in [4.78, 5) is 0. The van der Waals surface area contributed by atoms with Gasteiger partial charge in [0.15, 0.2) is 0 Å². The molecule has 0 aliphatic carbocycles. The zero-order chi connectivity index (χ0) is 15.5. The molecule has 0 amide bonds. The van der Waals surface area contributed by atoms with E-state index in [-0.39, 0.29) is 7.92 Å². The van der Waals surface area contributed by atoms with Gasteiger partial charge >= 0.3 is 0 Å². The van der Waals surface area contributed by atoms with Crippen LogP contribution in [0.5, 0.6) is 0 Å². The smallest absolute Gasteiger partial charge is 0.0738 e. The van der Waals surface area contributed by atoms with E-state index in [9.17, 15) is 0 Å². The van der Waals surface area contributed by atoms with Crippen molar-refractivity contribution >= 4 is 18.5 Å². The zero-order valence-corrected chi connectivity index (χ0v) is 13.7. The second kappa shape index (κ2) is 9.89. The molecule has 0 unspecified atom stereocenters. The van der Waals surface area contributed by atoms with E-state index in [1.807, 2.05) is 36.4 Å². The lowest BCUT2D eigenvalue weighted by molar-refractivity contribution is 0.256. The van der Waals surface area contributed by atoms with Gasteiger partial charge in [0.25, 0.3) is 0 Å². The first kappa shape index (κ1) is 16.4. The van der Waals surface area contributed by atoms with E-state index in [1.165, 1.54) is 10.6 Å². The van der Waals surface area contributed by atoms with Crippen LogP contribution < -0.4 is 10.6 Å². The molecule has 0 atom stereocenters. The lowest BCUT2D eigenvalue weighted by Gasteiger charge is -2.17. The highest BCUT2D eigenvalue weighted by Crippen LogP contribution is 2.32. The summed E-state index contributed by atoms with van der Waals surface area (Å²) in [5.41, 5.74) is 0. The Morgan fingerprint density at radius 2 is 0.909 bits per heavy atom. The van der Waals surface area contributed by atoms with E-state index in [0.717, 1.165) is 6.35 Å². The normalized spacial score (nSPS) is 9.91. The predicted octanol–water partition coefficient (Wildman–Crippen LogP) is 4.41. The fourth-order valence-electron chi connectivity index (χ4n) is 2.03. The number of rotatable bonds is 4. The maximum atomic E-state index is 5.34. The van der Waals surface area contributed by atoms with Crippen LogP contribution in [-0.4, -0.2) is 13.5 Å². The third-order valence-electron chi connectivity index (χ3n) is 3.06. The van der Waals surface area contributed by atoms with Crippen molar-refractivity contribution in [2.75, 3.05) is 13.5 Å². The molecule has 0 bridgehead atoms. The molecule has 0 fully saturated rings. The second-order valence-electron chi connectivity index (χ2n) is 4.67. The molecule has 1 nitrogen and oxygen atoms in total. The Labute approximate surface area is 134 Å². The van der Waals surface area contributed by atoms with Crippen LogP contribution in [-0.2, 0) is 4.74 Å². The Hall–Kier alpha value is -1.95. The topological polar surface area (TPSA) is 9.23 Å². The first-order valence-corrected chi connectivity index (χ1v) is 8.81. The third kappa shape index (κ3) is 5.44. The summed E-state index contributed by atoms with van der Waals surface area (Å²) in [5.74, 6) is 0. The van der Waals surface area contributed by atoms with E-state index < -0.39 is 0 Å². The Kier molecular flexibility index (Phi) is 7.38. The quantitative estimate of drug-likeness (QED) is 0.649. The number of hydrogen-bond acceptors (Lipinski definition) is 1. The molecule has 112 valence electrons. The van der Waals surface area contributed by atoms with Gasteiger partial charge in [-0.3, -0.25) is 0 Å². The van der Waals surface area contributed by atoms with Crippen LogP contribution in [0.2, 0.25) is 0 Å². The molecule has 0 radical (unpaired) electrons. The van der Waals surface area contributed by atoms with Crippen molar-refractivity contribution in [1.82, 2.24) is 0 Å². The van der Waals surface area contributed by atoms with Gasteiger partial charge in [-0.05, 0) is 18.5 Å². The summed E-state index contributed by atoms with van der Waals surface area (Å²) in [7, 11) is 1.39. The van der Waals surface area contributed by atoms with Gasteiger partial charge in [-0.15, -0.1) is 0 Å². The van der Waals surface area contributed by atoms with Crippen LogP contribution in [0.4, 0.5) is 0 Å². The van der Waals surface area contributed by atoms with Crippen molar-refractivity contribution in [3.63, 3.8) is 0 Å². The number of ether oxygens (including phenoxy) is 1. The summed E-state index contributed by atoms with van der Waals surface area (Å²) in [6.07, 6.45) is 0.781. The molecule has 0 aliphatic heterocycles. The van der Waals surface area contributed by atoms with Crippen molar-refractivity contribution in [1.29, 1.82) is 0 Å². The Bertz CT molecular complexity index is 545. The molecule has 3 rings (SSSR count). The fraction of sp³-hybridized carbons (Fsp3) is 0.100. The van der Waals surface area contributed by atoms with Crippen LogP contribution in [0, 0.1) is 0 Å². The van der Waals surface area contributed by atoms with Crippen molar-refractivity contribution < 1.29 is 4.74 Å². The van der Waals surface area contributed by atoms with Gasteiger partial charge in [0.2, 0.25) is 0 Å². The average molecular weight is 308 g/mol. The lowest BCUT2D eigenvalue weighted by Crippen LogP contribution is -2.14. The number of methoxy groups -OCH3 is 1. The van der Waals surface area contributed by atoms with E-state index >= 15 is 0 Å². The maximum Gasteiger partial charge on any atom is 0.0738 e. The van der Waals surface area contributed by atoms with Crippen LogP contribution >= 0.6 is 7.92 Å². The minimum absolute atomic E-state index is 0.373. The molecule has 0 aromatic heterocycles. The van der Waals surface area contributed by atoms with Gasteiger partial charge in [0.1, 0.15) is 0 Å². The van der Waals surface area contributed by atoms with Crippen molar-refractivity contribution in [3.05, 3.63) is 97.1 Å². The molecule has 0 spiro atoms. The molecule has 22 heavy (non-hydrogen) atoms. The molecule has 3 aromatic carbocycles. The molecule has 0 aliphatic rings. The SMILES string of the molecule is COCP(c1ccccc1)c1ccccc1.c1ccccc1. The number of benzene rings is 3.